The SMILES string of the molecule is C=C(/C=C/C(=O)C(C)(C)C(=O)O)[C@H]1CC[C@H]2/C(=C/C=C3C[C@@H](O)C[C@H](O)C3)CCC[C@]12C. The van der Waals surface area contributed by atoms with Gasteiger partial charge in [-0.3, -0.25) is 9.59 Å². The molecule has 0 amide bonds. The second kappa shape index (κ2) is 9.48. The van der Waals surface area contributed by atoms with E-state index in [4.69, 9.17) is 0 Å². The highest BCUT2D eigenvalue weighted by Gasteiger charge is 2.49. The molecule has 3 saturated carbocycles. The summed E-state index contributed by atoms with van der Waals surface area (Å²) < 4.78 is 0. The van der Waals surface area contributed by atoms with Crippen LogP contribution in [0.3, 0.4) is 0 Å². The summed E-state index contributed by atoms with van der Waals surface area (Å²) in [5, 5.41) is 29.2. The summed E-state index contributed by atoms with van der Waals surface area (Å²) >= 11 is 0. The predicted octanol–water partition coefficient (Wildman–Crippen LogP) is 4.75. The van der Waals surface area contributed by atoms with Gasteiger partial charge >= 0.3 is 5.97 Å². The number of carbonyl (C=O) groups is 2. The molecule has 0 aromatic carbocycles. The quantitative estimate of drug-likeness (QED) is 0.313. The first-order valence-corrected chi connectivity index (χ1v) is 11.8. The third kappa shape index (κ3) is 4.99. The molecule has 0 bridgehead atoms. The Bertz CT molecular complexity index is 849. The van der Waals surface area contributed by atoms with Crippen LogP contribution < -0.4 is 0 Å². The van der Waals surface area contributed by atoms with Gasteiger partial charge in [-0.05, 0) is 88.5 Å². The number of carbonyl (C=O) groups excluding carboxylic acids is 1. The Labute approximate surface area is 191 Å². The Morgan fingerprint density at radius 1 is 1.09 bits per heavy atom. The van der Waals surface area contributed by atoms with Crippen LogP contribution in [0, 0.1) is 22.7 Å². The van der Waals surface area contributed by atoms with Crippen molar-refractivity contribution in [1.82, 2.24) is 0 Å². The summed E-state index contributed by atoms with van der Waals surface area (Å²) in [6.45, 7) is 9.44. The lowest BCUT2D eigenvalue weighted by Gasteiger charge is -2.42. The Hall–Kier alpha value is -1.98. The van der Waals surface area contributed by atoms with E-state index in [1.807, 2.05) is 0 Å². The first kappa shape index (κ1) is 24.7. The molecule has 0 radical (unpaired) electrons. The number of aliphatic hydroxyl groups excluding tert-OH is 2. The van der Waals surface area contributed by atoms with Gasteiger partial charge in [0.25, 0.3) is 0 Å². The van der Waals surface area contributed by atoms with Crippen LogP contribution in [0.5, 0.6) is 0 Å². The van der Waals surface area contributed by atoms with Gasteiger partial charge in [-0.25, -0.2) is 0 Å². The van der Waals surface area contributed by atoms with Crippen molar-refractivity contribution in [3.05, 3.63) is 47.6 Å². The largest absolute Gasteiger partial charge is 0.481 e. The van der Waals surface area contributed by atoms with Gasteiger partial charge in [0.1, 0.15) is 5.41 Å². The molecule has 5 atom stereocenters. The summed E-state index contributed by atoms with van der Waals surface area (Å²) in [6, 6.07) is 0. The van der Waals surface area contributed by atoms with Crippen molar-refractivity contribution < 1.29 is 24.9 Å². The van der Waals surface area contributed by atoms with Gasteiger partial charge in [0.15, 0.2) is 5.78 Å². The first-order valence-electron chi connectivity index (χ1n) is 11.8. The van der Waals surface area contributed by atoms with Crippen molar-refractivity contribution in [1.29, 1.82) is 0 Å². The van der Waals surface area contributed by atoms with Crippen molar-refractivity contribution >= 4 is 11.8 Å². The third-order valence-electron chi connectivity index (χ3n) is 8.08. The molecule has 0 heterocycles. The molecule has 0 aliphatic heterocycles. The minimum absolute atomic E-state index is 0.0704. The third-order valence-corrected chi connectivity index (χ3v) is 8.08. The van der Waals surface area contributed by atoms with Crippen LogP contribution in [0.25, 0.3) is 0 Å². The number of ketones is 1. The standard InChI is InChI=1S/C27H38O5/c1-17(7-12-24(30)26(2,3)25(31)32)22-10-11-23-19(6-5-13-27(22,23)4)9-8-18-14-20(28)16-21(29)15-18/h7-9,12,20-23,28-29H,1,5-6,10-11,13-16H2,2-4H3,(H,31,32)/b12-7+,19-9+/t20-,21-,22-,23+,27-/m1/s1. The molecule has 0 aromatic heterocycles. The minimum Gasteiger partial charge on any atom is -0.481 e. The van der Waals surface area contributed by atoms with Crippen LogP contribution in [0.4, 0.5) is 0 Å². The van der Waals surface area contributed by atoms with E-state index in [0.29, 0.717) is 25.2 Å². The van der Waals surface area contributed by atoms with Crippen LogP contribution in [-0.2, 0) is 9.59 Å². The first-order chi connectivity index (χ1) is 14.9. The summed E-state index contributed by atoms with van der Waals surface area (Å²) in [4.78, 5) is 23.7. The molecule has 5 nitrogen and oxygen atoms in total. The molecular formula is C27H38O5. The highest BCUT2D eigenvalue weighted by molar-refractivity contribution is 6.08. The van der Waals surface area contributed by atoms with Crippen molar-refractivity contribution in [2.24, 2.45) is 22.7 Å². The van der Waals surface area contributed by atoms with E-state index >= 15 is 0 Å². The van der Waals surface area contributed by atoms with E-state index < -0.39 is 29.4 Å². The summed E-state index contributed by atoms with van der Waals surface area (Å²) in [5.74, 6) is -0.828. The van der Waals surface area contributed by atoms with Gasteiger partial charge in [0.2, 0.25) is 0 Å². The number of aliphatic hydroxyl groups is 2. The molecule has 3 rings (SSSR count). The normalized spacial score (nSPS) is 34.5. The van der Waals surface area contributed by atoms with Crippen LogP contribution in [0.15, 0.2) is 47.6 Å². The smallest absolute Gasteiger partial charge is 0.316 e. The molecule has 0 spiro atoms. The number of carboxylic acids is 1. The Morgan fingerprint density at radius 2 is 1.75 bits per heavy atom. The average Bonchev–Trinajstić information content (AvgIpc) is 3.06. The number of fused-ring (bicyclic) bond motifs is 1. The predicted molar refractivity (Wildman–Crippen MR) is 125 cm³/mol. The number of aliphatic carboxylic acids is 1. The van der Waals surface area contributed by atoms with Crippen molar-refractivity contribution in [3.63, 3.8) is 0 Å². The maximum absolute atomic E-state index is 12.4. The summed E-state index contributed by atoms with van der Waals surface area (Å²) in [5.41, 5.74) is 2.08. The molecule has 0 aromatic rings. The van der Waals surface area contributed by atoms with Crippen molar-refractivity contribution in [2.45, 2.75) is 84.3 Å². The summed E-state index contributed by atoms with van der Waals surface area (Å²) in [6.07, 6.45) is 13.6. The lowest BCUT2D eigenvalue weighted by atomic mass is 9.62. The lowest BCUT2D eigenvalue weighted by molar-refractivity contribution is -0.151. The van der Waals surface area contributed by atoms with Gasteiger partial charge in [-0.15, -0.1) is 0 Å². The van der Waals surface area contributed by atoms with Gasteiger partial charge in [-0.1, -0.05) is 48.5 Å². The van der Waals surface area contributed by atoms with E-state index in [-0.39, 0.29) is 11.3 Å². The number of carboxylic acid groups (broad SMARTS) is 1. The minimum atomic E-state index is -1.44. The van der Waals surface area contributed by atoms with Gasteiger partial charge in [0, 0.05) is 0 Å². The Balaban J connectivity index is 1.74. The van der Waals surface area contributed by atoms with E-state index in [1.54, 1.807) is 6.08 Å². The number of hydrogen-bond acceptors (Lipinski definition) is 4. The zero-order valence-corrected chi connectivity index (χ0v) is 19.6. The molecule has 176 valence electrons. The van der Waals surface area contributed by atoms with Crippen molar-refractivity contribution in [3.8, 4) is 0 Å². The van der Waals surface area contributed by atoms with Crippen LogP contribution in [0.1, 0.15) is 72.1 Å². The second-order valence-electron chi connectivity index (χ2n) is 10.8. The number of allylic oxidation sites excluding steroid dienone is 6. The maximum atomic E-state index is 12.4. The van der Waals surface area contributed by atoms with E-state index in [0.717, 1.165) is 43.3 Å². The number of hydrogen-bond donors (Lipinski definition) is 3. The molecule has 0 unspecified atom stereocenters. The van der Waals surface area contributed by atoms with E-state index in [9.17, 15) is 24.9 Å². The molecule has 3 aliphatic carbocycles. The van der Waals surface area contributed by atoms with Crippen molar-refractivity contribution in [2.75, 3.05) is 0 Å². The Morgan fingerprint density at radius 3 is 2.38 bits per heavy atom. The lowest BCUT2D eigenvalue weighted by Crippen LogP contribution is -2.34. The highest BCUT2D eigenvalue weighted by Crippen LogP contribution is 2.59. The van der Waals surface area contributed by atoms with Crippen LogP contribution >= 0.6 is 0 Å². The fourth-order valence-corrected chi connectivity index (χ4v) is 5.99. The second-order valence-corrected chi connectivity index (χ2v) is 10.8. The van der Waals surface area contributed by atoms with Crippen LogP contribution in [-0.4, -0.2) is 39.3 Å². The van der Waals surface area contributed by atoms with Gasteiger partial charge in [-0.2, -0.15) is 0 Å². The topological polar surface area (TPSA) is 94.8 Å². The molecule has 3 aliphatic rings. The fraction of sp³-hybridized carbons (Fsp3) is 0.630. The molecule has 3 N–H and O–H groups in total. The fourth-order valence-electron chi connectivity index (χ4n) is 5.99. The molecule has 32 heavy (non-hydrogen) atoms. The molecule has 3 fully saturated rings. The van der Waals surface area contributed by atoms with Gasteiger partial charge < -0.3 is 15.3 Å². The monoisotopic (exact) mass is 442 g/mol. The zero-order chi connectivity index (χ0) is 23.7. The van der Waals surface area contributed by atoms with Gasteiger partial charge in [0.05, 0.1) is 12.2 Å². The summed E-state index contributed by atoms with van der Waals surface area (Å²) in [7, 11) is 0. The maximum Gasteiger partial charge on any atom is 0.316 e. The molecular weight excluding hydrogens is 404 g/mol. The van der Waals surface area contributed by atoms with E-state index in [2.05, 4.69) is 25.7 Å². The molecule has 5 heteroatoms. The van der Waals surface area contributed by atoms with E-state index in [1.165, 1.54) is 25.5 Å². The Kier molecular flexibility index (Phi) is 7.31. The highest BCUT2D eigenvalue weighted by atomic mass is 16.4. The average molecular weight is 443 g/mol. The van der Waals surface area contributed by atoms with Crippen LogP contribution in [0.2, 0.25) is 0 Å². The number of rotatable bonds is 6. The molecule has 0 saturated heterocycles. The zero-order valence-electron chi connectivity index (χ0n) is 19.6.